The van der Waals surface area contributed by atoms with E-state index in [9.17, 15) is 14.4 Å². The molecule has 132 valence electrons. The number of aryl methyl sites for hydroxylation is 2. The van der Waals surface area contributed by atoms with Crippen LogP contribution in [0, 0.1) is 0 Å². The lowest BCUT2D eigenvalue weighted by molar-refractivity contribution is -0.139. The monoisotopic (exact) mass is 344 g/mol. The number of hydrogen-bond donors (Lipinski definition) is 2. The Bertz CT molecular complexity index is 755. The van der Waals surface area contributed by atoms with Crippen LogP contribution < -0.4 is 10.6 Å². The molecule has 8 heteroatoms. The van der Waals surface area contributed by atoms with Crippen molar-refractivity contribution in [3.63, 3.8) is 0 Å². The number of benzene rings is 1. The molecule has 0 unspecified atom stereocenters. The third kappa shape index (κ3) is 5.45. The largest absolute Gasteiger partial charge is 0.468 e. The van der Waals surface area contributed by atoms with Crippen LogP contribution in [0.1, 0.15) is 22.5 Å². The molecule has 0 spiro atoms. The maximum atomic E-state index is 12.1. The number of carbonyl (C=O) groups excluding carboxylic acids is 3. The molecule has 0 aliphatic heterocycles. The minimum Gasteiger partial charge on any atom is -0.468 e. The Labute approximate surface area is 145 Å². The zero-order chi connectivity index (χ0) is 18.2. The summed E-state index contributed by atoms with van der Waals surface area (Å²) in [6.45, 7) is -0.245. The van der Waals surface area contributed by atoms with E-state index < -0.39 is 11.9 Å². The zero-order valence-electron chi connectivity index (χ0n) is 14.1. The molecule has 8 nitrogen and oxygen atoms in total. The van der Waals surface area contributed by atoms with Crippen molar-refractivity contribution in [1.29, 1.82) is 0 Å². The van der Waals surface area contributed by atoms with E-state index in [2.05, 4.69) is 20.5 Å². The third-order valence-corrected chi connectivity index (χ3v) is 3.48. The molecular weight excluding hydrogens is 324 g/mol. The number of rotatable bonds is 7. The average Bonchev–Trinajstić information content (AvgIpc) is 2.99. The highest BCUT2D eigenvalue weighted by Gasteiger charge is 2.15. The number of esters is 1. The SMILES string of the molecule is COC(=O)CNC(=O)c1cc(NC(=O)CCc2ccccc2)n(C)n1. The van der Waals surface area contributed by atoms with E-state index in [-0.39, 0.29) is 18.1 Å². The van der Waals surface area contributed by atoms with Gasteiger partial charge in [-0.1, -0.05) is 30.3 Å². The zero-order valence-corrected chi connectivity index (χ0v) is 14.1. The predicted molar refractivity (Wildman–Crippen MR) is 90.9 cm³/mol. The number of nitrogens with one attached hydrogen (secondary N) is 2. The number of hydrogen-bond acceptors (Lipinski definition) is 5. The number of aromatic nitrogens is 2. The van der Waals surface area contributed by atoms with Gasteiger partial charge in [0.15, 0.2) is 5.69 Å². The second-order valence-electron chi connectivity index (χ2n) is 5.33. The van der Waals surface area contributed by atoms with Gasteiger partial charge in [-0.25, -0.2) is 0 Å². The summed E-state index contributed by atoms with van der Waals surface area (Å²) in [4.78, 5) is 35.0. The maximum absolute atomic E-state index is 12.1. The molecule has 2 rings (SSSR count). The van der Waals surface area contributed by atoms with Gasteiger partial charge in [0.2, 0.25) is 5.91 Å². The highest BCUT2D eigenvalue weighted by Crippen LogP contribution is 2.10. The fraction of sp³-hybridized carbons (Fsp3) is 0.294. The summed E-state index contributed by atoms with van der Waals surface area (Å²) in [5, 5.41) is 9.13. The van der Waals surface area contributed by atoms with Crippen molar-refractivity contribution < 1.29 is 19.1 Å². The molecule has 25 heavy (non-hydrogen) atoms. The molecule has 0 bridgehead atoms. The van der Waals surface area contributed by atoms with E-state index in [0.717, 1.165) is 5.56 Å². The number of carbonyl (C=O) groups is 3. The molecule has 1 aromatic carbocycles. The molecule has 0 aliphatic carbocycles. The number of ether oxygens (including phenoxy) is 1. The van der Waals surface area contributed by atoms with Crippen LogP contribution >= 0.6 is 0 Å². The summed E-state index contributed by atoms with van der Waals surface area (Å²) >= 11 is 0. The van der Waals surface area contributed by atoms with Crippen LogP contribution in [-0.4, -0.2) is 41.2 Å². The Morgan fingerprint density at radius 3 is 2.60 bits per heavy atom. The second-order valence-corrected chi connectivity index (χ2v) is 5.33. The van der Waals surface area contributed by atoms with Gasteiger partial charge in [0.05, 0.1) is 7.11 Å². The van der Waals surface area contributed by atoms with Crippen molar-refractivity contribution >= 4 is 23.6 Å². The van der Waals surface area contributed by atoms with Crippen molar-refractivity contribution in [3.8, 4) is 0 Å². The molecular formula is C17H20N4O4. The standard InChI is InChI=1S/C17H20N4O4/c1-21-14(10-13(20-21)17(24)18-11-16(23)25-2)19-15(22)9-8-12-6-4-3-5-7-12/h3-7,10H,8-9,11H2,1-2H3,(H,18,24)(H,19,22). The Kier molecular flexibility index (Phi) is 6.27. The van der Waals surface area contributed by atoms with Gasteiger partial charge in [-0.05, 0) is 12.0 Å². The lowest BCUT2D eigenvalue weighted by atomic mass is 10.1. The normalized spacial score (nSPS) is 10.2. The molecule has 0 atom stereocenters. The van der Waals surface area contributed by atoms with Crippen LogP contribution in [0.25, 0.3) is 0 Å². The van der Waals surface area contributed by atoms with Gasteiger partial charge in [0.1, 0.15) is 12.4 Å². The van der Waals surface area contributed by atoms with Gasteiger partial charge in [-0.3, -0.25) is 19.1 Å². The van der Waals surface area contributed by atoms with E-state index in [1.807, 2.05) is 30.3 Å². The molecule has 0 radical (unpaired) electrons. The van der Waals surface area contributed by atoms with Crippen LogP contribution in [-0.2, 0) is 27.8 Å². The highest BCUT2D eigenvalue weighted by atomic mass is 16.5. The first-order valence-electron chi connectivity index (χ1n) is 7.72. The van der Waals surface area contributed by atoms with Crippen molar-refractivity contribution in [2.75, 3.05) is 19.0 Å². The van der Waals surface area contributed by atoms with Crippen LogP contribution in [0.5, 0.6) is 0 Å². The first-order chi connectivity index (χ1) is 12.0. The van der Waals surface area contributed by atoms with Crippen LogP contribution in [0.2, 0.25) is 0 Å². The minimum atomic E-state index is -0.557. The topological polar surface area (TPSA) is 102 Å². The molecule has 0 saturated carbocycles. The first-order valence-corrected chi connectivity index (χ1v) is 7.72. The van der Waals surface area contributed by atoms with Crippen molar-refractivity contribution in [1.82, 2.24) is 15.1 Å². The van der Waals surface area contributed by atoms with Gasteiger partial charge in [0, 0.05) is 19.5 Å². The van der Waals surface area contributed by atoms with Crippen molar-refractivity contribution in [2.45, 2.75) is 12.8 Å². The fourth-order valence-electron chi connectivity index (χ4n) is 2.12. The first kappa shape index (κ1) is 18.2. The van der Waals surface area contributed by atoms with E-state index in [1.54, 1.807) is 7.05 Å². The average molecular weight is 344 g/mol. The predicted octanol–water partition coefficient (Wildman–Crippen LogP) is 0.894. The molecule has 1 aromatic heterocycles. The molecule has 2 amide bonds. The number of anilines is 1. The summed E-state index contributed by atoms with van der Waals surface area (Å²) in [6.07, 6.45) is 0.941. The molecule has 0 saturated heterocycles. The smallest absolute Gasteiger partial charge is 0.325 e. The van der Waals surface area contributed by atoms with Gasteiger partial charge >= 0.3 is 5.97 Å². The van der Waals surface area contributed by atoms with Crippen LogP contribution in [0.3, 0.4) is 0 Å². The summed E-state index contributed by atoms with van der Waals surface area (Å²) in [7, 11) is 2.85. The minimum absolute atomic E-state index is 0.102. The number of nitrogens with zero attached hydrogens (tertiary/aromatic N) is 2. The summed E-state index contributed by atoms with van der Waals surface area (Å²) < 4.78 is 5.84. The van der Waals surface area contributed by atoms with E-state index >= 15 is 0 Å². The van der Waals surface area contributed by atoms with Gasteiger partial charge in [0.25, 0.3) is 5.91 Å². The summed E-state index contributed by atoms with van der Waals surface area (Å²) in [5.41, 5.74) is 1.18. The Morgan fingerprint density at radius 1 is 1.20 bits per heavy atom. The lowest BCUT2D eigenvalue weighted by Gasteiger charge is -2.05. The highest BCUT2D eigenvalue weighted by molar-refractivity contribution is 5.96. The van der Waals surface area contributed by atoms with Crippen LogP contribution in [0.15, 0.2) is 36.4 Å². The summed E-state index contributed by atoms with van der Waals surface area (Å²) in [6, 6.07) is 11.1. The third-order valence-electron chi connectivity index (χ3n) is 3.48. The van der Waals surface area contributed by atoms with E-state index in [1.165, 1.54) is 17.9 Å². The quantitative estimate of drug-likeness (QED) is 0.727. The lowest BCUT2D eigenvalue weighted by Crippen LogP contribution is -2.30. The Hall–Kier alpha value is -3.16. The Balaban J connectivity index is 1.89. The number of methoxy groups -OCH3 is 1. The number of amides is 2. The van der Waals surface area contributed by atoms with Crippen molar-refractivity contribution in [3.05, 3.63) is 47.7 Å². The molecule has 0 fully saturated rings. The fourth-order valence-corrected chi connectivity index (χ4v) is 2.12. The van der Waals surface area contributed by atoms with E-state index in [0.29, 0.717) is 18.7 Å². The maximum Gasteiger partial charge on any atom is 0.325 e. The van der Waals surface area contributed by atoms with Gasteiger partial charge < -0.3 is 15.4 Å². The van der Waals surface area contributed by atoms with Crippen LogP contribution in [0.4, 0.5) is 5.82 Å². The molecule has 1 heterocycles. The molecule has 2 N–H and O–H groups in total. The summed E-state index contributed by atoms with van der Waals surface area (Å²) in [5.74, 6) is -0.848. The van der Waals surface area contributed by atoms with E-state index in [4.69, 9.17) is 0 Å². The van der Waals surface area contributed by atoms with Crippen molar-refractivity contribution in [2.24, 2.45) is 7.05 Å². The second kappa shape index (κ2) is 8.62. The molecule has 2 aromatic rings. The molecule has 0 aliphatic rings. The van der Waals surface area contributed by atoms with Gasteiger partial charge in [-0.2, -0.15) is 5.10 Å². The van der Waals surface area contributed by atoms with Gasteiger partial charge in [-0.15, -0.1) is 0 Å². The Morgan fingerprint density at radius 2 is 1.92 bits per heavy atom.